The lowest BCUT2D eigenvalue weighted by Crippen LogP contribution is -2.48. The van der Waals surface area contributed by atoms with E-state index in [0.29, 0.717) is 0 Å². The summed E-state index contributed by atoms with van der Waals surface area (Å²) in [6.45, 7) is 5.76. The lowest BCUT2D eigenvalue weighted by Gasteiger charge is -2.23. The van der Waals surface area contributed by atoms with E-state index in [1.807, 2.05) is 20.8 Å². The average Bonchev–Trinajstić information content (AvgIpc) is 2.48. The van der Waals surface area contributed by atoms with Crippen LogP contribution in [0.5, 0.6) is 0 Å². The van der Waals surface area contributed by atoms with Gasteiger partial charge in [-0.05, 0) is 33.6 Å². The van der Waals surface area contributed by atoms with E-state index in [9.17, 15) is 9.59 Å². The lowest BCUT2D eigenvalue weighted by molar-refractivity contribution is -0.129. The van der Waals surface area contributed by atoms with Gasteiger partial charge >= 0.3 is 0 Å². The van der Waals surface area contributed by atoms with Gasteiger partial charge in [0.25, 0.3) is 0 Å². The minimum Gasteiger partial charge on any atom is -0.350 e. The predicted octanol–water partition coefficient (Wildman–Crippen LogP) is 0.925. The molecule has 2 atom stereocenters. The van der Waals surface area contributed by atoms with Crippen molar-refractivity contribution in [1.29, 1.82) is 0 Å². The highest BCUT2D eigenvalue weighted by atomic mass is 16.2. The first-order valence-corrected chi connectivity index (χ1v) is 7.14. The van der Waals surface area contributed by atoms with Gasteiger partial charge in [0.2, 0.25) is 11.8 Å². The molecule has 0 heterocycles. The molecule has 19 heavy (non-hydrogen) atoms. The molecule has 0 saturated heterocycles. The molecule has 5 nitrogen and oxygen atoms in total. The fraction of sp³-hybridized carbons (Fsp3) is 0.857. The van der Waals surface area contributed by atoms with Crippen molar-refractivity contribution >= 4 is 11.8 Å². The number of carbonyl (C=O) groups is 2. The minimum atomic E-state index is -0.277. The molecule has 4 N–H and O–H groups in total. The highest BCUT2D eigenvalue weighted by molar-refractivity contribution is 5.86. The smallest absolute Gasteiger partial charge is 0.239 e. The zero-order chi connectivity index (χ0) is 14.5. The molecule has 0 radical (unpaired) electrons. The van der Waals surface area contributed by atoms with Crippen molar-refractivity contribution in [2.75, 3.05) is 6.54 Å². The zero-order valence-electron chi connectivity index (χ0n) is 12.3. The van der Waals surface area contributed by atoms with Crippen LogP contribution in [0.3, 0.4) is 0 Å². The van der Waals surface area contributed by atoms with Crippen molar-refractivity contribution in [1.82, 2.24) is 10.6 Å². The number of hydrogen-bond acceptors (Lipinski definition) is 3. The van der Waals surface area contributed by atoms with Gasteiger partial charge in [-0.25, -0.2) is 0 Å². The number of rotatable bonds is 3. The summed E-state index contributed by atoms with van der Waals surface area (Å²) >= 11 is 0. The molecular weight excluding hydrogens is 242 g/mol. The molecule has 1 saturated carbocycles. The van der Waals surface area contributed by atoms with Gasteiger partial charge < -0.3 is 16.4 Å². The van der Waals surface area contributed by atoms with Crippen LogP contribution in [-0.2, 0) is 9.59 Å². The highest BCUT2D eigenvalue weighted by Crippen LogP contribution is 2.22. The van der Waals surface area contributed by atoms with Crippen LogP contribution in [0.4, 0.5) is 0 Å². The first-order chi connectivity index (χ1) is 8.79. The van der Waals surface area contributed by atoms with Crippen LogP contribution in [0.15, 0.2) is 0 Å². The highest BCUT2D eigenvalue weighted by Gasteiger charge is 2.27. The average molecular weight is 269 g/mol. The van der Waals surface area contributed by atoms with E-state index in [1.54, 1.807) is 0 Å². The summed E-state index contributed by atoms with van der Waals surface area (Å²) < 4.78 is 0. The second-order valence-corrected chi connectivity index (χ2v) is 6.42. The molecule has 0 aromatic rings. The largest absolute Gasteiger partial charge is 0.350 e. The quantitative estimate of drug-likeness (QED) is 0.666. The summed E-state index contributed by atoms with van der Waals surface area (Å²) in [5, 5.41) is 5.52. The molecule has 110 valence electrons. The first kappa shape index (κ1) is 16.0. The normalized spacial score (nSPS) is 24.4. The van der Waals surface area contributed by atoms with Gasteiger partial charge in [0, 0.05) is 11.6 Å². The molecule has 1 fully saturated rings. The lowest BCUT2D eigenvalue weighted by atomic mass is 9.94. The van der Waals surface area contributed by atoms with Crippen LogP contribution < -0.4 is 16.4 Å². The number of carbonyl (C=O) groups excluding carboxylic acids is 2. The zero-order valence-corrected chi connectivity index (χ0v) is 12.3. The maximum atomic E-state index is 12.1. The number of amides is 2. The van der Waals surface area contributed by atoms with E-state index in [-0.39, 0.29) is 35.9 Å². The molecule has 0 bridgehead atoms. The number of nitrogens with one attached hydrogen (secondary N) is 2. The van der Waals surface area contributed by atoms with E-state index in [2.05, 4.69) is 10.6 Å². The maximum absolute atomic E-state index is 12.1. The summed E-state index contributed by atoms with van der Waals surface area (Å²) in [6.07, 6.45) is 5.00. The molecule has 0 spiro atoms. The van der Waals surface area contributed by atoms with Gasteiger partial charge in [0.05, 0.1) is 12.5 Å². The maximum Gasteiger partial charge on any atom is 0.239 e. The molecule has 2 unspecified atom stereocenters. The van der Waals surface area contributed by atoms with Crippen molar-refractivity contribution in [3.8, 4) is 0 Å². The molecule has 0 aliphatic heterocycles. The Morgan fingerprint density at radius 2 is 1.79 bits per heavy atom. The van der Waals surface area contributed by atoms with Crippen LogP contribution in [-0.4, -0.2) is 29.9 Å². The fourth-order valence-corrected chi connectivity index (χ4v) is 2.42. The molecule has 1 aliphatic rings. The fourth-order valence-electron chi connectivity index (χ4n) is 2.42. The topological polar surface area (TPSA) is 84.2 Å². The van der Waals surface area contributed by atoms with E-state index < -0.39 is 0 Å². The van der Waals surface area contributed by atoms with Crippen LogP contribution in [0.25, 0.3) is 0 Å². The third-order valence-corrected chi connectivity index (χ3v) is 3.34. The number of nitrogens with two attached hydrogens (primary N) is 1. The van der Waals surface area contributed by atoms with Gasteiger partial charge in [0.15, 0.2) is 0 Å². The Hall–Kier alpha value is -1.10. The molecule has 1 rings (SSSR count). The molecule has 5 heteroatoms. The molecule has 0 aromatic heterocycles. The van der Waals surface area contributed by atoms with Gasteiger partial charge in [0.1, 0.15) is 0 Å². The second-order valence-electron chi connectivity index (χ2n) is 6.42. The van der Waals surface area contributed by atoms with Crippen molar-refractivity contribution in [2.24, 2.45) is 11.7 Å². The minimum absolute atomic E-state index is 0.0271. The van der Waals surface area contributed by atoms with Gasteiger partial charge in [-0.15, -0.1) is 0 Å². The summed E-state index contributed by atoms with van der Waals surface area (Å²) in [4.78, 5) is 23.7. The van der Waals surface area contributed by atoms with Crippen molar-refractivity contribution in [3.63, 3.8) is 0 Å². The van der Waals surface area contributed by atoms with Crippen LogP contribution >= 0.6 is 0 Å². The third-order valence-electron chi connectivity index (χ3n) is 3.34. The molecule has 1 aliphatic carbocycles. The Morgan fingerprint density at radius 3 is 2.42 bits per heavy atom. The summed E-state index contributed by atoms with van der Waals surface area (Å²) in [5.41, 5.74) is 5.75. The first-order valence-electron chi connectivity index (χ1n) is 7.14. The predicted molar refractivity (Wildman–Crippen MR) is 75.5 cm³/mol. The van der Waals surface area contributed by atoms with Crippen molar-refractivity contribution in [2.45, 2.75) is 64.5 Å². The SMILES string of the molecule is CC(C)(C)NC(=O)CNC(=O)C1CCCCCC1N. The van der Waals surface area contributed by atoms with Gasteiger partial charge in [-0.1, -0.05) is 19.3 Å². The summed E-state index contributed by atoms with van der Waals surface area (Å²) in [7, 11) is 0. The van der Waals surface area contributed by atoms with Crippen molar-refractivity contribution in [3.05, 3.63) is 0 Å². The Bertz CT molecular complexity index is 323. The van der Waals surface area contributed by atoms with E-state index in [4.69, 9.17) is 5.73 Å². The van der Waals surface area contributed by atoms with E-state index in [1.165, 1.54) is 0 Å². The Balaban J connectivity index is 2.39. The third kappa shape index (κ3) is 6.05. The van der Waals surface area contributed by atoms with Gasteiger partial charge in [-0.3, -0.25) is 9.59 Å². The van der Waals surface area contributed by atoms with Gasteiger partial charge in [-0.2, -0.15) is 0 Å². The second kappa shape index (κ2) is 6.89. The number of hydrogen-bond donors (Lipinski definition) is 3. The Kier molecular flexibility index (Phi) is 5.79. The molecule has 2 amide bonds. The molecular formula is C14H27N3O2. The monoisotopic (exact) mass is 269 g/mol. The van der Waals surface area contributed by atoms with E-state index >= 15 is 0 Å². The Labute approximate surface area is 115 Å². The standard InChI is InChI=1S/C14H27N3O2/c1-14(2,3)17-12(18)9-16-13(19)10-7-5-4-6-8-11(10)15/h10-11H,4-9,15H2,1-3H3,(H,16,19)(H,17,18). The Morgan fingerprint density at radius 1 is 1.16 bits per heavy atom. The summed E-state index contributed by atoms with van der Waals surface area (Å²) in [6, 6.07) is -0.0758. The molecule has 0 aromatic carbocycles. The van der Waals surface area contributed by atoms with E-state index in [0.717, 1.165) is 32.1 Å². The summed E-state index contributed by atoms with van der Waals surface area (Å²) in [5.74, 6) is -0.397. The van der Waals surface area contributed by atoms with Crippen LogP contribution in [0.1, 0.15) is 52.9 Å². The van der Waals surface area contributed by atoms with Crippen molar-refractivity contribution < 1.29 is 9.59 Å². The van der Waals surface area contributed by atoms with Crippen LogP contribution in [0, 0.1) is 5.92 Å². The van der Waals surface area contributed by atoms with Crippen LogP contribution in [0.2, 0.25) is 0 Å².